The predicted octanol–water partition coefficient (Wildman–Crippen LogP) is 5.38. The molecule has 35 heavy (non-hydrogen) atoms. The van der Waals surface area contributed by atoms with Crippen molar-refractivity contribution >= 4 is 17.4 Å². The number of hydrogen-bond acceptors (Lipinski definition) is 5. The fraction of sp³-hybridized carbons (Fsp3) is 0.519. The van der Waals surface area contributed by atoms with Crippen LogP contribution in [-0.2, 0) is 0 Å². The second-order valence-electron chi connectivity index (χ2n) is 8.72. The molecule has 0 radical (unpaired) electrons. The summed E-state index contributed by atoms with van der Waals surface area (Å²) in [4.78, 5) is 18.5. The van der Waals surface area contributed by atoms with Crippen LogP contribution in [0.4, 0.5) is 10.2 Å². The number of amides is 1. The highest BCUT2D eigenvalue weighted by atomic mass is 19.1. The molecule has 0 spiro atoms. The van der Waals surface area contributed by atoms with Crippen LogP contribution in [0.1, 0.15) is 76.1 Å². The van der Waals surface area contributed by atoms with Crippen molar-refractivity contribution in [3.8, 4) is 0 Å². The van der Waals surface area contributed by atoms with Crippen LogP contribution in [0.15, 0.2) is 54.2 Å². The number of aliphatic hydroxyl groups excluding tert-OH is 1. The molecular weight excluding hydrogens is 445 g/mol. The summed E-state index contributed by atoms with van der Waals surface area (Å²) in [6, 6.07) is 1.94. The van der Waals surface area contributed by atoms with Crippen LogP contribution < -0.4 is 10.2 Å². The van der Waals surface area contributed by atoms with Crippen molar-refractivity contribution in [1.29, 1.82) is 0 Å². The van der Waals surface area contributed by atoms with Crippen LogP contribution >= 0.6 is 0 Å². The lowest BCUT2D eigenvalue weighted by Gasteiger charge is -2.15. The molecule has 1 saturated heterocycles. The Morgan fingerprint density at radius 3 is 2.49 bits per heavy atom. The molecule has 4 rings (SSSR count). The Labute approximate surface area is 208 Å². The van der Waals surface area contributed by atoms with Crippen LogP contribution in [0.2, 0.25) is 0 Å². The number of allylic oxidation sites excluding steroid dienone is 6. The molecule has 2 aromatic heterocycles. The van der Waals surface area contributed by atoms with Gasteiger partial charge in [-0.05, 0) is 58.1 Å². The molecule has 1 amide bonds. The van der Waals surface area contributed by atoms with Crippen molar-refractivity contribution in [2.75, 3.05) is 25.0 Å². The van der Waals surface area contributed by atoms with Crippen molar-refractivity contribution in [1.82, 2.24) is 19.9 Å². The lowest BCUT2D eigenvalue weighted by molar-refractivity contribution is 0.0964. The average molecular weight is 486 g/mol. The first kappa shape index (κ1) is 28.2. The molecule has 1 saturated carbocycles. The molecule has 2 aliphatic rings. The number of hydrogen-bond donors (Lipinski definition) is 2. The number of carbonyl (C=O) groups is 1. The number of carbonyl (C=O) groups excluding carboxylic acids is 1. The maximum atomic E-state index is 12.4. The van der Waals surface area contributed by atoms with Crippen LogP contribution in [0.3, 0.4) is 0 Å². The predicted molar refractivity (Wildman–Crippen MR) is 140 cm³/mol. The fourth-order valence-corrected chi connectivity index (χ4v) is 3.70. The molecule has 1 aliphatic carbocycles. The van der Waals surface area contributed by atoms with E-state index in [1.807, 2.05) is 25.3 Å². The molecule has 0 bridgehead atoms. The first-order valence-electron chi connectivity index (χ1n) is 12.5. The summed E-state index contributed by atoms with van der Waals surface area (Å²) < 4.78 is 14.1. The first-order chi connectivity index (χ1) is 16.9. The summed E-state index contributed by atoms with van der Waals surface area (Å²) in [5, 5.41) is 15.5. The molecule has 1 aliphatic heterocycles. The summed E-state index contributed by atoms with van der Waals surface area (Å²) in [5.74, 6) is 0.576. The van der Waals surface area contributed by atoms with Crippen molar-refractivity contribution < 1.29 is 14.3 Å². The number of aromatic nitrogens is 3. The molecule has 0 atom stereocenters. The minimum Gasteiger partial charge on any atom is -0.393 e. The Morgan fingerprint density at radius 2 is 1.94 bits per heavy atom. The highest BCUT2D eigenvalue weighted by molar-refractivity contribution is 5.99. The Bertz CT molecular complexity index is 1020. The SMILES string of the molecule is CNC(=O)c1cnn2ccc(N3CCCC3)nc12.C\C=C(F)/C=C\C=C(\C)CC.OC1CCCC1. The van der Waals surface area contributed by atoms with Crippen LogP contribution in [0.5, 0.6) is 0 Å². The largest absolute Gasteiger partial charge is 0.393 e. The Hall–Kier alpha value is -3.00. The van der Waals surface area contributed by atoms with E-state index in [-0.39, 0.29) is 17.8 Å². The van der Waals surface area contributed by atoms with Crippen LogP contribution in [0, 0.1) is 0 Å². The van der Waals surface area contributed by atoms with E-state index in [2.05, 4.69) is 27.2 Å². The van der Waals surface area contributed by atoms with Gasteiger partial charge in [0.2, 0.25) is 0 Å². The minimum absolute atomic E-state index is 0.0463. The second-order valence-corrected chi connectivity index (χ2v) is 8.72. The van der Waals surface area contributed by atoms with E-state index in [1.165, 1.54) is 43.4 Å². The summed E-state index contributed by atoms with van der Waals surface area (Å²) in [6.07, 6.45) is 18.0. The van der Waals surface area contributed by atoms with Gasteiger partial charge in [-0.15, -0.1) is 0 Å². The number of aliphatic hydroxyl groups is 1. The zero-order valence-electron chi connectivity index (χ0n) is 21.5. The topological polar surface area (TPSA) is 82.8 Å². The van der Waals surface area contributed by atoms with Crippen molar-refractivity contribution in [2.45, 2.75) is 71.8 Å². The van der Waals surface area contributed by atoms with Crippen molar-refractivity contribution in [3.05, 3.63) is 59.7 Å². The van der Waals surface area contributed by atoms with Gasteiger partial charge in [-0.25, -0.2) is 13.9 Å². The summed E-state index contributed by atoms with van der Waals surface area (Å²) in [7, 11) is 1.61. The van der Waals surface area contributed by atoms with E-state index >= 15 is 0 Å². The van der Waals surface area contributed by atoms with Crippen molar-refractivity contribution in [2.24, 2.45) is 0 Å². The molecule has 2 aromatic rings. The van der Waals surface area contributed by atoms with Crippen LogP contribution in [-0.4, -0.2) is 51.9 Å². The van der Waals surface area contributed by atoms with E-state index in [1.54, 1.807) is 30.8 Å². The van der Waals surface area contributed by atoms with Gasteiger partial charge in [0.1, 0.15) is 17.2 Å². The Kier molecular flexibility index (Phi) is 12.2. The van der Waals surface area contributed by atoms with E-state index in [9.17, 15) is 9.18 Å². The van der Waals surface area contributed by atoms with E-state index in [0.29, 0.717) is 11.2 Å². The highest BCUT2D eigenvalue weighted by Crippen LogP contribution is 2.19. The normalized spacial score (nSPS) is 16.8. The van der Waals surface area contributed by atoms with Gasteiger partial charge in [-0.3, -0.25) is 4.79 Å². The van der Waals surface area contributed by atoms with Gasteiger partial charge >= 0.3 is 0 Å². The van der Waals surface area contributed by atoms with Gasteiger partial charge in [-0.1, -0.05) is 43.6 Å². The minimum atomic E-state index is -0.190. The molecule has 2 N–H and O–H groups in total. The average Bonchev–Trinajstić information content (AvgIpc) is 3.65. The van der Waals surface area contributed by atoms with Crippen molar-refractivity contribution in [3.63, 3.8) is 0 Å². The first-order valence-corrected chi connectivity index (χ1v) is 12.5. The molecule has 192 valence electrons. The van der Waals surface area contributed by atoms with E-state index in [0.717, 1.165) is 38.2 Å². The standard InChI is InChI=1S/C12H15N5O.C10H15F.C5H10O/c1-13-12(18)9-8-14-17-7-4-10(15-11(9)17)16-5-2-3-6-16;1-4-9(3)7-6-8-10(11)5-2;6-5-3-1-2-4-5/h4,7-8H,2-3,5-6H2,1H3,(H,13,18);5-8H,4H2,1-3H3;5-6H,1-4H2/b;8-6-,9-7-,10-5+;. The summed E-state index contributed by atoms with van der Waals surface area (Å²) in [5.41, 5.74) is 2.38. The zero-order valence-corrected chi connectivity index (χ0v) is 21.5. The second kappa shape index (κ2) is 15.1. The number of anilines is 1. The van der Waals surface area contributed by atoms with Gasteiger partial charge in [0.15, 0.2) is 5.65 Å². The van der Waals surface area contributed by atoms with E-state index in [4.69, 9.17) is 5.11 Å². The zero-order chi connectivity index (χ0) is 25.6. The van der Waals surface area contributed by atoms with Crippen LogP contribution in [0.25, 0.3) is 5.65 Å². The van der Waals surface area contributed by atoms with Gasteiger partial charge in [0, 0.05) is 26.3 Å². The smallest absolute Gasteiger partial charge is 0.256 e. The summed E-state index contributed by atoms with van der Waals surface area (Å²) in [6.45, 7) is 7.85. The van der Waals surface area contributed by atoms with Gasteiger partial charge in [0.05, 0.1) is 12.3 Å². The monoisotopic (exact) mass is 485 g/mol. The maximum absolute atomic E-state index is 12.4. The number of nitrogens with zero attached hydrogens (tertiary/aromatic N) is 4. The molecule has 0 aromatic carbocycles. The van der Waals surface area contributed by atoms with E-state index < -0.39 is 0 Å². The third-order valence-corrected chi connectivity index (χ3v) is 6.05. The molecule has 0 unspecified atom stereocenters. The maximum Gasteiger partial charge on any atom is 0.256 e. The molecule has 3 heterocycles. The number of halogens is 1. The molecular formula is C27H40FN5O2. The Morgan fingerprint density at radius 1 is 1.26 bits per heavy atom. The molecule has 2 fully saturated rings. The quantitative estimate of drug-likeness (QED) is 0.556. The third kappa shape index (κ3) is 9.28. The van der Waals surface area contributed by atoms with Gasteiger partial charge in [-0.2, -0.15) is 5.10 Å². The summed E-state index contributed by atoms with van der Waals surface area (Å²) >= 11 is 0. The molecule has 7 nitrogen and oxygen atoms in total. The molecule has 8 heteroatoms. The number of nitrogens with one attached hydrogen (secondary N) is 1. The number of rotatable bonds is 5. The lowest BCUT2D eigenvalue weighted by Crippen LogP contribution is -2.20. The Balaban J connectivity index is 0.000000216. The lowest BCUT2D eigenvalue weighted by atomic mass is 10.2. The fourth-order valence-electron chi connectivity index (χ4n) is 3.70. The van der Waals surface area contributed by atoms with Gasteiger partial charge in [0.25, 0.3) is 5.91 Å². The number of fused-ring (bicyclic) bond motifs is 1. The van der Waals surface area contributed by atoms with Gasteiger partial charge < -0.3 is 15.3 Å². The third-order valence-electron chi connectivity index (χ3n) is 6.05. The highest BCUT2D eigenvalue weighted by Gasteiger charge is 2.17.